The summed E-state index contributed by atoms with van der Waals surface area (Å²) in [6, 6.07) is 4.83. The third-order valence-electron chi connectivity index (χ3n) is 3.08. The molecule has 1 saturated carbocycles. The van der Waals surface area contributed by atoms with E-state index in [2.05, 4.69) is 5.32 Å². The van der Waals surface area contributed by atoms with Gasteiger partial charge in [0.2, 0.25) is 0 Å². The van der Waals surface area contributed by atoms with Crippen LogP contribution in [0.5, 0.6) is 0 Å². The van der Waals surface area contributed by atoms with Crippen molar-refractivity contribution in [1.82, 2.24) is 0 Å². The van der Waals surface area contributed by atoms with Crippen LogP contribution in [0.2, 0.25) is 0 Å². The molecule has 0 aromatic heterocycles. The first-order chi connectivity index (χ1) is 8.16. The molecule has 0 radical (unpaired) electrons. The summed E-state index contributed by atoms with van der Waals surface area (Å²) in [6.45, 7) is 0.806. The first kappa shape index (κ1) is 11.8. The van der Waals surface area contributed by atoms with Crippen LogP contribution in [0.4, 0.5) is 11.4 Å². The van der Waals surface area contributed by atoms with Crippen molar-refractivity contribution in [2.75, 3.05) is 17.6 Å². The quantitative estimate of drug-likeness (QED) is 0.522. The number of carboxylic acids is 1. The molecule has 0 saturated heterocycles. The molecule has 4 N–H and O–H groups in total. The highest BCUT2D eigenvalue weighted by Gasteiger charge is 2.20. The standard InChI is InChI=1S/C13H18N2O2/c14-10-5-6-11(13(16)17)12(8-10)15-7-1-2-9-3-4-9/h5-6,8-9,15H,1-4,7,14H2,(H,16,17). The molecule has 1 aliphatic rings. The molecule has 0 heterocycles. The number of hydrogen-bond acceptors (Lipinski definition) is 3. The van der Waals surface area contributed by atoms with Gasteiger partial charge in [-0.2, -0.15) is 0 Å². The molecule has 92 valence electrons. The van der Waals surface area contributed by atoms with Gasteiger partial charge in [0, 0.05) is 12.2 Å². The minimum absolute atomic E-state index is 0.283. The maximum absolute atomic E-state index is 11.0. The van der Waals surface area contributed by atoms with E-state index in [1.165, 1.54) is 19.3 Å². The van der Waals surface area contributed by atoms with Crippen LogP contribution in [0.1, 0.15) is 36.0 Å². The topological polar surface area (TPSA) is 75.4 Å². The maximum atomic E-state index is 11.0. The van der Waals surface area contributed by atoms with Gasteiger partial charge in [-0.15, -0.1) is 0 Å². The van der Waals surface area contributed by atoms with Crippen molar-refractivity contribution in [3.63, 3.8) is 0 Å². The summed E-state index contributed by atoms with van der Waals surface area (Å²) in [5, 5.41) is 12.2. The molecule has 1 fully saturated rings. The van der Waals surface area contributed by atoms with Crippen molar-refractivity contribution in [2.45, 2.75) is 25.7 Å². The molecule has 4 heteroatoms. The Balaban J connectivity index is 1.92. The van der Waals surface area contributed by atoms with Crippen LogP contribution in [0.25, 0.3) is 0 Å². The number of rotatable bonds is 6. The predicted octanol–water partition coefficient (Wildman–Crippen LogP) is 2.57. The lowest BCUT2D eigenvalue weighted by atomic mass is 10.1. The average Bonchev–Trinajstić information content (AvgIpc) is 3.08. The first-order valence-electron chi connectivity index (χ1n) is 6.03. The molecule has 4 nitrogen and oxygen atoms in total. The van der Waals surface area contributed by atoms with Crippen molar-refractivity contribution < 1.29 is 9.90 Å². The van der Waals surface area contributed by atoms with Gasteiger partial charge in [-0.3, -0.25) is 0 Å². The molecule has 1 aromatic carbocycles. The number of carbonyl (C=O) groups is 1. The number of nitrogens with two attached hydrogens (primary N) is 1. The summed E-state index contributed by atoms with van der Waals surface area (Å²) in [5.74, 6) is -0.00807. The van der Waals surface area contributed by atoms with E-state index in [9.17, 15) is 4.79 Å². The Morgan fingerprint density at radius 3 is 2.88 bits per heavy atom. The summed E-state index contributed by atoms with van der Waals surface area (Å²) in [7, 11) is 0. The number of nitrogens with one attached hydrogen (secondary N) is 1. The van der Waals surface area contributed by atoms with Crippen LogP contribution >= 0.6 is 0 Å². The van der Waals surface area contributed by atoms with E-state index in [1.54, 1.807) is 18.2 Å². The molecule has 1 aromatic rings. The lowest BCUT2D eigenvalue weighted by Gasteiger charge is -2.10. The normalized spacial score (nSPS) is 14.6. The Morgan fingerprint density at radius 2 is 2.24 bits per heavy atom. The van der Waals surface area contributed by atoms with E-state index >= 15 is 0 Å². The van der Waals surface area contributed by atoms with Crippen LogP contribution < -0.4 is 11.1 Å². The molecule has 2 rings (SSSR count). The monoisotopic (exact) mass is 234 g/mol. The molecule has 17 heavy (non-hydrogen) atoms. The fourth-order valence-corrected chi connectivity index (χ4v) is 1.91. The Hall–Kier alpha value is -1.71. The summed E-state index contributed by atoms with van der Waals surface area (Å²) in [5.41, 5.74) is 7.14. The van der Waals surface area contributed by atoms with E-state index in [0.29, 0.717) is 11.4 Å². The van der Waals surface area contributed by atoms with Gasteiger partial charge in [0.25, 0.3) is 0 Å². The molecule has 0 spiro atoms. The van der Waals surface area contributed by atoms with Crippen molar-refractivity contribution >= 4 is 17.3 Å². The first-order valence-corrected chi connectivity index (χ1v) is 6.03. The maximum Gasteiger partial charge on any atom is 0.337 e. The Morgan fingerprint density at radius 1 is 1.47 bits per heavy atom. The molecule has 0 atom stereocenters. The van der Waals surface area contributed by atoms with Crippen LogP contribution in [-0.4, -0.2) is 17.6 Å². The summed E-state index contributed by atoms with van der Waals surface area (Å²) >= 11 is 0. The van der Waals surface area contributed by atoms with Gasteiger partial charge in [0.15, 0.2) is 0 Å². The summed E-state index contributed by atoms with van der Waals surface area (Å²) < 4.78 is 0. The van der Waals surface area contributed by atoms with Crippen molar-refractivity contribution in [1.29, 1.82) is 0 Å². The number of anilines is 2. The largest absolute Gasteiger partial charge is 0.478 e. The van der Waals surface area contributed by atoms with Crippen LogP contribution in [-0.2, 0) is 0 Å². The highest BCUT2D eigenvalue weighted by atomic mass is 16.4. The van der Waals surface area contributed by atoms with Gasteiger partial charge in [-0.1, -0.05) is 12.8 Å². The van der Waals surface area contributed by atoms with Crippen molar-refractivity contribution in [2.24, 2.45) is 5.92 Å². The van der Waals surface area contributed by atoms with Gasteiger partial charge in [-0.05, 0) is 37.0 Å². The Kier molecular flexibility index (Phi) is 3.52. The van der Waals surface area contributed by atoms with Crippen LogP contribution in [0.3, 0.4) is 0 Å². The molecule has 0 aliphatic heterocycles. The van der Waals surface area contributed by atoms with Gasteiger partial charge in [-0.25, -0.2) is 4.79 Å². The van der Waals surface area contributed by atoms with Gasteiger partial charge >= 0.3 is 5.97 Å². The predicted molar refractivity (Wildman–Crippen MR) is 68.3 cm³/mol. The number of benzene rings is 1. The fourth-order valence-electron chi connectivity index (χ4n) is 1.91. The number of carboxylic acid groups (broad SMARTS) is 1. The zero-order valence-electron chi connectivity index (χ0n) is 9.78. The second-order valence-corrected chi connectivity index (χ2v) is 4.62. The minimum Gasteiger partial charge on any atom is -0.478 e. The molecule has 1 aliphatic carbocycles. The second kappa shape index (κ2) is 5.08. The van der Waals surface area contributed by atoms with E-state index < -0.39 is 5.97 Å². The average molecular weight is 234 g/mol. The Labute approximate surface area is 101 Å². The minimum atomic E-state index is -0.922. The van der Waals surface area contributed by atoms with E-state index in [4.69, 9.17) is 10.8 Å². The lowest BCUT2D eigenvalue weighted by molar-refractivity contribution is 0.0698. The molecular weight excluding hydrogens is 216 g/mol. The highest BCUT2D eigenvalue weighted by Crippen LogP contribution is 2.33. The molecule has 0 unspecified atom stereocenters. The van der Waals surface area contributed by atoms with E-state index in [0.717, 1.165) is 18.9 Å². The zero-order chi connectivity index (χ0) is 12.3. The molecule has 0 bridgehead atoms. The van der Waals surface area contributed by atoms with Gasteiger partial charge < -0.3 is 16.2 Å². The smallest absolute Gasteiger partial charge is 0.337 e. The van der Waals surface area contributed by atoms with E-state index in [-0.39, 0.29) is 5.56 Å². The van der Waals surface area contributed by atoms with E-state index in [1.807, 2.05) is 0 Å². The van der Waals surface area contributed by atoms with Gasteiger partial charge in [0.1, 0.15) is 0 Å². The molecule has 0 amide bonds. The summed E-state index contributed by atoms with van der Waals surface area (Å²) in [6.07, 6.45) is 5.04. The third-order valence-corrected chi connectivity index (χ3v) is 3.08. The SMILES string of the molecule is Nc1ccc(C(=O)O)c(NCCCC2CC2)c1. The van der Waals surface area contributed by atoms with Crippen molar-refractivity contribution in [3.8, 4) is 0 Å². The summed E-state index contributed by atoms with van der Waals surface area (Å²) in [4.78, 5) is 11.0. The van der Waals surface area contributed by atoms with Crippen LogP contribution in [0.15, 0.2) is 18.2 Å². The molecular formula is C13H18N2O2. The second-order valence-electron chi connectivity index (χ2n) is 4.62. The zero-order valence-corrected chi connectivity index (χ0v) is 9.78. The van der Waals surface area contributed by atoms with Crippen LogP contribution in [0, 0.1) is 5.92 Å². The number of hydrogen-bond donors (Lipinski definition) is 3. The lowest BCUT2D eigenvalue weighted by Crippen LogP contribution is -2.08. The number of aromatic carboxylic acids is 1. The highest BCUT2D eigenvalue weighted by molar-refractivity contribution is 5.95. The Bertz CT molecular complexity index is 414. The van der Waals surface area contributed by atoms with Crippen molar-refractivity contribution in [3.05, 3.63) is 23.8 Å². The third kappa shape index (κ3) is 3.37. The fraction of sp³-hybridized carbons (Fsp3) is 0.462. The number of nitrogen functional groups attached to an aromatic ring is 1. The van der Waals surface area contributed by atoms with Gasteiger partial charge in [0.05, 0.1) is 11.3 Å².